The van der Waals surface area contributed by atoms with E-state index in [2.05, 4.69) is 118 Å². The standard InChI is InChI=1S/C38H25N3O/c42-38-32-22-27(19-18-25(32)24-39(38)26-10-2-1-3-11-26)41-36-17-9-6-14-31(36)33-23-28(20-21-37(33)41)40-34-15-7-4-12-29(34)30-13-5-8-16-35(30)40/h1-23H,24H2. The molecule has 3 heterocycles. The minimum atomic E-state index is 0.0486. The Morgan fingerprint density at radius 3 is 1.57 bits per heavy atom. The zero-order valence-electron chi connectivity index (χ0n) is 22.7. The summed E-state index contributed by atoms with van der Waals surface area (Å²) in [6.07, 6.45) is 0. The van der Waals surface area contributed by atoms with E-state index in [1.54, 1.807) is 0 Å². The maximum absolute atomic E-state index is 13.6. The molecule has 8 aromatic rings. The smallest absolute Gasteiger partial charge is 0.259 e. The molecule has 9 rings (SSSR count). The number of fused-ring (bicyclic) bond motifs is 7. The highest BCUT2D eigenvalue weighted by molar-refractivity contribution is 6.13. The Hall–Kier alpha value is -5.61. The van der Waals surface area contributed by atoms with E-state index >= 15 is 0 Å². The molecule has 2 aromatic heterocycles. The van der Waals surface area contributed by atoms with E-state index in [1.807, 2.05) is 35.2 Å². The summed E-state index contributed by atoms with van der Waals surface area (Å²) in [5.41, 5.74) is 9.51. The van der Waals surface area contributed by atoms with Crippen molar-refractivity contribution in [3.63, 3.8) is 0 Å². The summed E-state index contributed by atoms with van der Waals surface area (Å²) in [4.78, 5) is 15.4. The lowest BCUT2D eigenvalue weighted by molar-refractivity contribution is 0.0996. The zero-order chi connectivity index (χ0) is 27.8. The van der Waals surface area contributed by atoms with Gasteiger partial charge in [0.05, 0.1) is 28.6 Å². The molecule has 1 aliphatic heterocycles. The number of hydrogen-bond donors (Lipinski definition) is 0. The Kier molecular flexibility index (Phi) is 4.79. The van der Waals surface area contributed by atoms with Gasteiger partial charge < -0.3 is 14.0 Å². The molecule has 0 N–H and O–H groups in total. The molecule has 0 spiro atoms. The SMILES string of the molecule is O=C1c2cc(-n3c4ccccc4c4cc(-n5c6ccccc6c6ccccc65)ccc43)ccc2CN1c1ccccc1. The summed E-state index contributed by atoms with van der Waals surface area (Å²) in [6, 6.07) is 48.7. The van der Waals surface area contributed by atoms with Crippen LogP contribution >= 0.6 is 0 Å². The van der Waals surface area contributed by atoms with Gasteiger partial charge in [0.2, 0.25) is 0 Å². The van der Waals surface area contributed by atoms with Gasteiger partial charge in [0, 0.05) is 44.2 Å². The highest BCUT2D eigenvalue weighted by Gasteiger charge is 2.29. The van der Waals surface area contributed by atoms with Crippen molar-refractivity contribution in [2.45, 2.75) is 6.54 Å². The molecule has 0 radical (unpaired) electrons. The maximum Gasteiger partial charge on any atom is 0.259 e. The van der Waals surface area contributed by atoms with Crippen molar-refractivity contribution >= 4 is 55.2 Å². The number of hydrogen-bond acceptors (Lipinski definition) is 1. The molecule has 0 aliphatic carbocycles. The van der Waals surface area contributed by atoms with Crippen molar-refractivity contribution in [2.75, 3.05) is 4.90 Å². The fourth-order valence-corrected chi connectivity index (χ4v) is 6.82. The minimum absolute atomic E-state index is 0.0486. The molecule has 0 fully saturated rings. The number of nitrogens with zero attached hydrogens (tertiary/aromatic N) is 3. The molecule has 1 aliphatic rings. The van der Waals surface area contributed by atoms with Crippen molar-refractivity contribution in [2.24, 2.45) is 0 Å². The van der Waals surface area contributed by atoms with Crippen LogP contribution in [0.25, 0.3) is 55.0 Å². The van der Waals surface area contributed by atoms with E-state index < -0.39 is 0 Å². The number of anilines is 1. The quantitative estimate of drug-likeness (QED) is 0.220. The van der Waals surface area contributed by atoms with Crippen LogP contribution in [0.2, 0.25) is 0 Å². The average Bonchev–Trinajstić information content (AvgIpc) is 3.68. The number of amides is 1. The van der Waals surface area contributed by atoms with Gasteiger partial charge >= 0.3 is 0 Å². The third-order valence-corrected chi connectivity index (χ3v) is 8.72. The van der Waals surface area contributed by atoms with Crippen LogP contribution in [0.15, 0.2) is 140 Å². The molecular weight excluding hydrogens is 514 g/mol. The van der Waals surface area contributed by atoms with Crippen molar-refractivity contribution in [3.8, 4) is 11.4 Å². The molecule has 6 aromatic carbocycles. The number of aromatic nitrogens is 2. The zero-order valence-corrected chi connectivity index (χ0v) is 22.7. The van der Waals surface area contributed by atoms with Gasteiger partial charge in [0.1, 0.15) is 0 Å². The average molecular weight is 540 g/mol. The molecule has 0 bridgehead atoms. The van der Waals surface area contributed by atoms with Crippen LogP contribution in [0.3, 0.4) is 0 Å². The molecule has 1 amide bonds. The summed E-state index contributed by atoms with van der Waals surface area (Å²) >= 11 is 0. The van der Waals surface area contributed by atoms with Gasteiger partial charge in [-0.3, -0.25) is 4.79 Å². The van der Waals surface area contributed by atoms with Gasteiger partial charge in [-0.05, 0) is 66.2 Å². The van der Waals surface area contributed by atoms with Gasteiger partial charge in [-0.15, -0.1) is 0 Å². The Labute approximate surface area is 242 Å². The number of carbonyl (C=O) groups excluding carboxylic acids is 1. The molecule has 0 atom stereocenters. The molecule has 198 valence electrons. The van der Waals surface area contributed by atoms with Crippen LogP contribution in [0.1, 0.15) is 15.9 Å². The van der Waals surface area contributed by atoms with Crippen LogP contribution in [0.5, 0.6) is 0 Å². The van der Waals surface area contributed by atoms with E-state index in [4.69, 9.17) is 0 Å². The van der Waals surface area contributed by atoms with Crippen molar-refractivity contribution in [1.29, 1.82) is 0 Å². The number of benzene rings is 6. The molecule has 4 heteroatoms. The molecule has 0 unspecified atom stereocenters. The van der Waals surface area contributed by atoms with Gasteiger partial charge in [0.15, 0.2) is 0 Å². The largest absolute Gasteiger partial charge is 0.309 e. The lowest BCUT2D eigenvalue weighted by Gasteiger charge is -2.15. The monoisotopic (exact) mass is 539 g/mol. The first-order valence-corrected chi connectivity index (χ1v) is 14.3. The Bertz CT molecular complexity index is 2310. The van der Waals surface area contributed by atoms with Crippen LogP contribution in [0, 0.1) is 0 Å². The summed E-state index contributed by atoms with van der Waals surface area (Å²) in [6.45, 7) is 0.591. The molecule has 0 saturated heterocycles. The highest BCUT2D eigenvalue weighted by atomic mass is 16.2. The van der Waals surface area contributed by atoms with Crippen LogP contribution in [-0.2, 0) is 6.54 Å². The maximum atomic E-state index is 13.6. The fourth-order valence-electron chi connectivity index (χ4n) is 6.82. The van der Waals surface area contributed by atoms with Gasteiger partial charge in [-0.2, -0.15) is 0 Å². The molecular formula is C38H25N3O. The third-order valence-electron chi connectivity index (χ3n) is 8.72. The number of carbonyl (C=O) groups is 1. The van der Waals surface area contributed by atoms with E-state index in [9.17, 15) is 4.79 Å². The first-order chi connectivity index (χ1) is 20.8. The molecule has 0 saturated carbocycles. The van der Waals surface area contributed by atoms with Gasteiger partial charge in [0.25, 0.3) is 5.91 Å². The number of rotatable bonds is 3. The van der Waals surface area contributed by atoms with E-state index in [0.29, 0.717) is 6.54 Å². The molecule has 4 nitrogen and oxygen atoms in total. The molecule has 42 heavy (non-hydrogen) atoms. The van der Waals surface area contributed by atoms with Crippen LogP contribution < -0.4 is 4.90 Å². The summed E-state index contributed by atoms with van der Waals surface area (Å²) in [7, 11) is 0. The topological polar surface area (TPSA) is 30.2 Å². The lowest BCUT2D eigenvalue weighted by Crippen LogP contribution is -2.22. The second kappa shape index (κ2) is 8.69. The Morgan fingerprint density at radius 2 is 0.929 bits per heavy atom. The Balaban J connectivity index is 1.24. The van der Waals surface area contributed by atoms with Crippen LogP contribution in [0.4, 0.5) is 5.69 Å². The third kappa shape index (κ3) is 3.20. The minimum Gasteiger partial charge on any atom is -0.309 e. The van der Waals surface area contributed by atoms with E-state index in [0.717, 1.165) is 39.2 Å². The van der Waals surface area contributed by atoms with Crippen molar-refractivity contribution in [3.05, 3.63) is 151 Å². The summed E-state index contributed by atoms with van der Waals surface area (Å²) in [5.74, 6) is 0.0486. The summed E-state index contributed by atoms with van der Waals surface area (Å²) in [5, 5.41) is 4.88. The normalized spacial score (nSPS) is 13.1. The van der Waals surface area contributed by atoms with Crippen molar-refractivity contribution < 1.29 is 4.79 Å². The predicted octanol–water partition coefficient (Wildman–Crippen LogP) is 9.04. The predicted molar refractivity (Wildman–Crippen MR) is 172 cm³/mol. The highest BCUT2D eigenvalue weighted by Crippen LogP contribution is 2.38. The first-order valence-electron chi connectivity index (χ1n) is 14.3. The number of para-hydroxylation sites is 4. The second-order valence-electron chi connectivity index (χ2n) is 11.0. The van der Waals surface area contributed by atoms with Gasteiger partial charge in [-0.1, -0.05) is 78.9 Å². The van der Waals surface area contributed by atoms with Gasteiger partial charge in [-0.25, -0.2) is 0 Å². The second-order valence-corrected chi connectivity index (χ2v) is 11.0. The van der Waals surface area contributed by atoms with E-state index in [1.165, 1.54) is 32.6 Å². The fraction of sp³-hybridized carbons (Fsp3) is 0.0263. The van der Waals surface area contributed by atoms with Crippen LogP contribution in [-0.4, -0.2) is 15.0 Å². The summed E-state index contributed by atoms with van der Waals surface area (Å²) < 4.78 is 4.65. The van der Waals surface area contributed by atoms with E-state index in [-0.39, 0.29) is 5.91 Å². The first kappa shape index (κ1) is 23.1. The van der Waals surface area contributed by atoms with Crippen molar-refractivity contribution in [1.82, 2.24) is 9.13 Å². The lowest BCUT2D eigenvalue weighted by atomic mass is 10.1. The Morgan fingerprint density at radius 1 is 0.429 bits per heavy atom.